The molecule has 0 aromatic heterocycles. The second kappa shape index (κ2) is 8.05. The Bertz CT molecular complexity index is 812. The van der Waals surface area contributed by atoms with Crippen LogP contribution in [-0.4, -0.2) is 24.2 Å². The molecule has 5 heteroatoms. The molecule has 2 aliphatic rings. The van der Waals surface area contributed by atoms with Crippen molar-refractivity contribution in [3.63, 3.8) is 0 Å². The Morgan fingerprint density at radius 1 is 1.04 bits per heavy atom. The Hall–Kier alpha value is -1.47. The van der Waals surface area contributed by atoms with Crippen LogP contribution < -0.4 is 10.2 Å². The molecule has 1 aliphatic heterocycles. The first-order chi connectivity index (χ1) is 11.6. The Morgan fingerprint density at radius 2 is 1.73 bits per heavy atom. The number of halogens is 2. The normalized spacial score (nSPS) is 24.0. The van der Waals surface area contributed by atoms with Crippen molar-refractivity contribution in [2.75, 3.05) is 11.4 Å². The molecule has 2 atom stereocenters. The van der Waals surface area contributed by atoms with Gasteiger partial charge in [0.1, 0.15) is 0 Å². The third kappa shape index (κ3) is 3.93. The lowest BCUT2D eigenvalue weighted by Gasteiger charge is -2.52. The predicted molar refractivity (Wildman–Crippen MR) is 114 cm³/mol. The van der Waals surface area contributed by atoms with Crippen molar-refractivity contribution in [1.82, 2.24) is 5.32 Å². The predicted octanol–water partition coefficient (Wildman–Crippen LogP) is 5.05. The summed E-state index contributed by atoms with van der Waals surface area (Å²) >= 11 is 0. The molecule has 0 amide bonds. The Labute approximate surface area is 168 Å². The average Bonchev–Trinajstić information content (AvgIpc) is 2.59. The van der Waals surface area contributed by atoms with Crippen LogP contribution in [0, 0.1) is 11.3 Å². The van der Waals surface area contributed by atoms with Gasteiger partial charge in [-0.1, -0.05) is 25.0 Å². The summed E-state index contributed by atoms with van der Waals surface area (Å²) in [6.07, 6.45) is 5.23. The topological polar surface area (TPSA) is 39.1 Å². The molecule has 0 bridgehead atoms. The van der Waals surface area contributed by atoms with Crippen LogP contribution in [0.2, 0.25) is 0 Å². The lowest BCUT2D eigenvalue weighted by Crippen LogP contribution is -2.67. The van der Waals surface area contributed by atoms with Gasteiger partial charge in [0.15, 0.2) is 0 Å². The fraction of sp³-hybridized carbons (Fsp3) is 0.476. The minimum Gasteiger partial charge on any atom is -0.365 e. The Kier molecular flexibility index (Phi) is 6.45. The van der Waals surface area contributed by atoms with Crippen LogP contribution in [0.25, 0.3) is 10.8 Å². The second-order valence-corrected chi connectivity index (χ2v) is 7.97. The maximum absolute atomic E-state index is 9.08. The van der Waals surface area contributed by atoms with Crippen molar-refractivity contribution in [1.29, 1.82) is 5.26 Å². The summed E-state index contributed by atoms with van der Waals surface area (Å²) < 4.78 is 0. The zero-order valence-electron chi connectivity index (χ0n) is 15.4. The number of hydrogen-bond acceptors (Lipinski definition) is 3. The molecule has 1 saturated heterocycles. The smallest absolute Gasteiger partial charge is 0.0991 e. The lowest BCUT2D eigenvalue weighted by molar-refractivity contribution is 0.199. The van der Waals surface area contributed by atoms with Gasteiger partial charge in [0, 0.05) is 29.9 Å². The SMILES string of the molecule is CC1(C)CN(c2ccc3cc(C#N)ccc3c2)C2CCCCC2N1.Cl.Cl. The highest BCUT2D eigenvalue weighted by atomic mass is 35.5. The van der Waals surface area contributed by atoms with E-state index in [9.17, 15) is 0 Å². The maximum atomic E-state index is 9.08. The zero-order valence-corrected chi connectivity index (χ0v) is 17.0. The number of nitrogens with one attached hydrogen (secondary N) is 1. The summed E-state index contributed by atoms with van der Waals surface area (Å²) in [5, 5.41) is 15.3. The first-order valence-corrected chi connectivity index (χ1v) is 9.04. The molecule has 1 heterocycles. The summed E-state index contributed by atoms with van der Waals surface area (Å²) in [4.78, 5) is 2.62. The van der Waals surface area contributed by atoms with Crippen LogP contribution in [0.15, 0.2) is 36.4 Å². The summed E-state index contributed by atoms with van der Waals surface area (Å²) in [7, 11) is 0. The number of hydrogen-bond donors (Lipinski definition) is 1. The van der Waals surface area contributed by atoms with E-state index >= 15 is 0 Å². The number of rotatable bonds is 1. The van der Waals surface area contributed by atoms with Crippen molar-refractivity contribution < 1.29 is 0 Å². The van der Waals surface area contributed by atoms with Crippen LogP contribution >= 0.6 is 24.8 Å². The second-order valence-electron chi connectivity index (χ2n) is 7.97. The van der Waals surface area contributed by atoms with Crippen LogP contribution in [-0.2, 0) is 0 Å². The minimum absolute atomic E-state index is 0. The lowest BCUT2D eigenvalue weighted by atomic mass is 9.83. The molecule has 0 radical (unpaired) electrons. The molecule has 1 aliphatic carbocycles. The standard InChI is InChI=1S/C21H25N3.2ClH/c1-21(2)14-24(20-6-4-3-5-19(20)23-21)18-10-9-16-11-15(13-22)7-8-17(16)12-18;;/h7-12,19-20,23H,3-6,14H2,1-2H3;2*1H. The largest absolute Gasteiger partial charge is 0.365 e. The zero-order chi connectivity index (χ0) is 16.7. The van der Waals surface area contributed by atoms with Gasteiger partial charge in [0.25, 0.3) is 0 Å². The number of nitrogens with zero attached hydrogens (tertiary/aromatic N) is 2. The van der Waals surface area contributed by atoms with Gasteiger partial charge < -0.3 is 10.2 Å². The fourth-order valence-electron chi connectivity index (χ4n) is 4.51. The number of piperazine rings is 1. The van der Waals surface area contributed by atoms with Crippen LogP contribution in [0.3, 0.4) is 0 Å². The average molecular weight is 392 g/mol. The van der Waals surface area contributed by atoms with E-state index in [-0.39, 0.29) is 30.4 Å². The molecule has 3 nitrogen and oxygen atoms in total. The Morgan fingerprint density at radius 3 is 2.50 bits per heavy atom. The highest BCUT2D eigenvalue weighted by Crippen LogP contribution is 2.34. The van der Waals surface area contributed by atoms with Crippen LogP contribution in [0.5, 0.6) is 0 Å². The maximum Gasteiger partial charge on any atom is 0.0991 e. The van der Waals surface area contributed by atoms with Gasteiger partial charge in [-0.05, 0) is 61.7 Å². The van der Waals surface area contributed by atoms with E-state index in [1.165, 1.54) is 36.8 Å². The summed E-state index contributed by atoms with van der Waals surface area (Å²) in [5.41, 5.74) is 2.18. The van der Waals surface area contributed by atoms with Gasteiger partial charge in [-0.2, -0.15) is 5.26 Å². The van der Waals surface area contributed by atoms with Crippen LogP contribution in [0.1, 0.15) is 45.1 Å². The van der Waals surface area contributed by atoms with E-state index in [0.717, 1.165) is 17.5 Å². The molecule has 0 spiro atoms. The van der Waals surface area contributed by atoms with E-state index < -0.39 is 0 Å². The van der Waals surface area contributed by atoms with E-state index in [0.29, 0.717) is 12.1 Å². The molecule has 1 saturated carbocycles. The molecule has 26 heavy (non-hydrogen) atoms. The van der Waals surface area contributed by atoms with Crippen molar-refractivity contribution >= 4 is 41.3 Å². The van der Waals surface area contributed by atoms with E-state index in [2.05, 4.69) is 54.4 Å². The molecule has 2 aromatic rings. The molecule has 140 valence electrons. The van der Waals surface area contributed by atoms with E-state index in [4.69, 9.17) is 5.26 Å². The molecule has 4 rings (SSSR count). The molecular weight excluding hydrogens is 365 g/mol. The first-order valence-electron chi connectivity index (χ1n) is 9.04. The first kappa shape index (κ1) is 20.8. The van der Waals surface area contributed by atoms with Crippen molar-refractivity contribution in [2.24, 2.45) is 0 Å². The van der Waals surface area contributed by atoms with Crippen molar-refractivity contribution in [3.05, 3.63) is 42.0 Å². The van der Waals surface area contributed by atoms with Crippen molar-refractivity contribution in [2.45, 2.75) is 57.2 Å². The van der Waals surface area contributed by atoms with Gasteiger partial charge in [-0.15, -0.1) is 24.8 Å². The Balaban J connectivity index is 0.00000121. The number of fused-ring (bicyclic) bond motifs is 2. The van der Waals surface area contributed by atoms with Gasteiger partial charge in [-0.3, -0.25) is 0 Å². The van der Waals surface area contributed by atoms with E-state index in [1.807, 2.05) is 12.1 Å². The summed E-state index contributed by atoms with van der Waals surface area (Å²) in [6.45, 7) is 5.66. The van der Waals surface area contributed by atoms with Gasteiger partial charge in [-0.25, -0.2) is 0 Å². The monoisotopic (exact) mass is 391 g/mol. The quantitative estimate of drug-likeness (QED) is 0.738. The number of anilines is 1. The molecule has 1 N–H and O–H groups in total. The highest BCUT2D eigenvalue weighted by molar-refractivity contribution is 5.87. The number of benzene rings is 2. The minimum atomic E-state index is 0. The molecular formula is C21H27Cl2N3. The van der Waals surface area contributed by atoms with Gasteiger partial charge in [0.2, 0.25) is 0 Å². The van der Waals surface area contributed by atoms with Crippen molar-refractivity contribution in [3.8, 4) is 6.07 Å². The fourth-order valence-corrected chi connectivity index (χ4v) is 4.51. The molecule has 2 unspecified atom stereocenters. The van der Waals surface area contributed by atoms with E-state index in [1.54, 1.807) is 0 Å². The summed E-state index contributed by atoms with van der Waals surface area (Å²) in [5.74, 6) is 0. The third-order valence-corrected chi connectivity index (χ3v) is 5.56. The highest BCUT2D eigenvalue weighted by Gasteiger charge is 2.40. The number of nitriles is 1. The molecule has 2 fully saturated rings. The van der Waals surface area contributed by atoms with Crippen LogP contribution in [0.4, 0.5) is 5.69 Å². The summed E-state index contributed by atoms with van der Waals surface area (Å²) in [6, 6.07) is 16.1. The van der Waals surface area contributed by atoms with Gasteiger partial charge in [0.05, 0.1) is 11.6 Å². The molecule has 2 aromatic carbocycles. The third-order valence-electron chi connectivity index (χ3n) is 5.56. The van der Waals surface area contributed by atoms with Gasteiger partial charge >= 0.3 is 0 Å².